The Balaban J connectivity index is 2.14. The minimum Gasteiger partial charge on any atom is -0.396 e. The molecule has 2 aromatic heterocycles. The fraction of sp³-hybridized carbons (Fsp3) is 0.300. The minimum atomic E-state index is 0.184. The highest BCUT2D eigenvalue weighted by molar-refractivity contribution is 5.58. The first-order chi connectivity index (χ1) is 7.40. The van der Waals surface area contributed by atoms with Gasteiger partial charge in [-0.3, -0.25) is 4.68 Å². The van der Waals surface area contributed by atoms with Gasteiger partial charge in [-0.25, -0.2) is 9.97 Å². The van der Waals surface area contributed by atoms with Crippen molar-refractivity contribution in [1.29, 1.82) is 0 Å². The molecular weight excluding hydrogens is 192 g/mol. The van der Waals surface area contributed by atoms with Crippen LogP contribution in [0.5, 0.6) is 0 Å². The number of hydrogen-bond acceptors (Lipinski definition) is 4. The van der Waals surface area contributed by atoms with Crippen LogP contribution in [-0.2, 0) is 6.54 Å². The molecule has 0 aliphatic heterocycles. The molecule has 0 fully saturated rings. The molecule has 0 aromatic carbocycles. The summed E-state index contributed by atoms with van der Waals surface area (Å²) in [6.45, 7) is 0.911. The molecule has 0 aliphatic carbocycles. The summed E-state index contributed by atoms with van der Waals surface area (Å²) in [4.78, 5) is 7.89. The fourth-order valence-electron chi connectivity index (χ4n) is 1.32. The average Bonchev–Trinajstić information content (AvgIpc) is 2.76. The van der Waals surface area contributed by atoms with Gasteiger partial charge < -0.3 is 5.11 Å². The second kappa shape index (κ2) is 4.65. The number of nitrogens with zero attached hydrogens (tertiary/aromatic N) is 4. The molecule has 0 unspecified atom stereocenters. The number of aliphatic hydroxyl groups is 1. The van der Waals surface area contributed by atoms with Crippen LogP contribution in [0.25, 0.3) is 11.1 Å². The van der Waals surface area contributed by atoms with E-state index in [0.29, 0.717) is 6.42 Å². The lowest BCUT2D eigenvalue weighted by Crippen LogP contribution is -1.99. The van der Waals surface area contributed by atoms with Gasteiger partial charge in [0.15, 0.2) is 0 Å². The Kier molecular flexibility index (Phi) is 3.04. The Morgan fingerprint density at radius 3 is 2.67 bits per heavy atom. The maximum absolute atomic E-state index is 8.69. The summed E-state index contributed by atoms with van der Waals surface area (Å²) in [5.74, 6) is 0. The Hall–Kier alpha value is -1.75. The van der Waals surface area contributed by atoms with Gasteiger partial charge in [0.05, 0.1) is 6.20 Å². The van der Waals surface area contributed by atoms with Crippen LogP contribution in [0.1, 0.15) is 6.42 Å². The molecule has 0 aliphatic rings. The lowest BCUT2D eigenvalue weighted by atomic mass is 10.2. The third kappa shape index (κ3) is 2.38. The van der Waals surface area contributed by atoms with Gasteiger partial charge in [-0.05, 0) is 6.42 Å². The lowest BCUT2D eigenvalue weighted by Gasteiger charge is -1.97. The Bertz CT molecular complexity index is 412. The quantitative estimate of drug-likeness (QED) is 0.797. The van der Waals surface area contributed by atoms with E-state index < -0.39 is 0 Å². The van der Waals surface area contributed by atoms with Crippen LogP contribution in [0.2, 0.25) is 0 Å². The normalized spacial score (nSPS) is 10.5. The molecule has 5 heteroatoms. The molecule has 2 rings (SSSR count). The van der Waals surface area contributed by atoms with Crippen LogP contribution in [0.15, 0.2) is 31.1 Å². The van der Waals surface area contributed by atoms with Crippen molar-refractivity contribution in [2.24, 2.45) is 0 Å². The van der Waals surface area contributed by atoms with Crippen LogP contribution in [-0.4, -0.2) is 31.5 Å². The van der Waals surface area contributed by atoms with Gasteiger partial charge in [0, 0.05) is 42.9 Å². The van der Waals surface area contributed by atoms with Crippen molar-refractivity contribution >= 4 is 0 Å². The first kappa shape index (κ1) is 9.79. The molecule has 5 nitrogen and oxygen atoms in total. The van der Waals surface area contributed by atoms with E-state index in [1.165, 1.54) is 6.33 Å². The second-order valence-electron chi connectivity index (χ2n) is 3.20. The van der Waals surface area contributed by atoms with Gasteiger partial charge >= 0.3 is 0 Å². The standard InChI is InChI=1S/C10H12N4O/c15-3-1-2-14-7-10(6-13-14)9-4-11-8-12-5-9/h4-8,15H,1-3H2. The first-order valence-electron chi connectivity index (χ1n) is 4.79. The third-order valence-corrected chi connectivity index (χ3v) is 2.07. The van der Waals surface area contributed by atoms with Crippen molar-refractivity contribution in [2.45, 2.75) is 13.0 Å². The summed E-state index contributed by atoms with van der Waals surface area (Å²) in [5.41, 5.74) is 1.95. The molecular formula is C10H12N4O. The number of rotatable bonds is 4. The van der Waals surface area contributed by atoms with Gasteiger partial charge in [0.25, 0.3) is 0 Å². The lowest BCUT2D eigenvalue weighted by molar-refractivity contribution is 0.277. The van der Waals surface area contributed by atoms with Gasteiger partial charge in [0.2, 0.25) is 0 Å². The van der Waals surface area contributed by atoms with Crippen molar-refractivity contribution in [1.82, 2.24) is 19.7 Å². The largest absolute Gasteiger partial charge is 0.396 e. The molecule has 15 heavy (non-hydrogen) atoms. The fourth-order valence-corrected chi connectivity index (χ4v) is 1.32. The molecule has 2 aromatic rings. The van der Waals surface area contributed by atoms with Gasteiger partial charge in [0.1, 0.15) is 6.33 Å². The Morgan fingerprint density at radius 1 is 1.13 bits per heavy atom. The van der Waals surface area contributed by atoms with E-state index in [-0.39, 0.29) is 6.61 Å². The Morgan fingerprint density at radius 2 is 1.93 bits per heavy atom. The molecule has 1 N–H and O–H groups in total. The average molecular weight is 204 g/mol. The number of aryl methyl sites for hydroxylation is 1. The molecule has 2 heterocycles. The van der Waals surface area contributed by atoms with Gasteiger partial charge in [-0.15, -0.1) is 0 Å². The van der Waals surface area contributed by atoms with E-state index in [9.17, 15) is 0 Å². The molecule has 0 bridgehead atoms. The van der Waals surface area contributed by atoms with Crippen molar-refractivity contribution in [3.8, 4) is 11.1 Å². The zero-order chi connectivity index (χ0) is 10.5. The van der Waals surface area contributed by atoms with Crippen LogP contribution in [0, 0.1) is 0 Å². The van der Waals surface area contributed by atoms with Crippen LogP contribution in [0.4, 0.5) is 0 Å². The predicted molar refractivity (Wildman–Crippen MR) is 55.0 cm³/mol. The summed E-state index contributed by atoms with van der Waals surface area (Å²) in [6, 6.07) is 0. The highest BCUT2D eigenvalue weighted by Crippen LogP contribution is 2.15. The van der Waals surface area contributed by atoms with Crippen molar-refractivity contribution in [3.05, 3.63) is 31.1 Å². The summed E-state index contributed by atoms with van der Waals surface area (Å²) < 4.78 is 1.80. The van der Waals surface area contributed by atoms with E-state index in [1.54, 1.807) is 23.3 Å². The number of hydrogen-bond donors (Lipinski definition) is 1. The van der Waals surface area contributed by atoms with E-state index in [2.05, 4.69) is 15.1 Å². The second-order valence-corrected chi connectivity index (χ2v) is 3.20. The Labute approximate surface area is 87.4 Å². The van der Waals surface area contributed by atoms with Gasteiger partial charge in [-0.1, -0.05) is 0 Å². The molecule has 0 saturated heterocycles. The summed E-state index contributed by atoms with van der Waals surface area (Å²) in [6.07, 6.45) is 9.41. The monoisotopic (exact) mass is 204 g/mol. The van der Waals surface area contributed by atoms with Gasteiger partial charge in [-0.2, -0.15) is 5.10 Å². The molecule has 0 atom stereocenters. The van der Waals surface area contributed by atoms with E-state index >= 15 is 0 Å². The molecule has 0 spiro atoms. The SMILES string of the molecule is OCCCn1cc(-c2cncnc2)cn1. The van der Waals surface area contributed by atoms with E-state index in [4.69, 9.17) is 5.11 Å². The van der Waals surface area contributed by atoms with Crippen molar-refractivity contribution < 1.29 is 5.11 Å². The van der Waals surface area contributed by atoms with E-state index in [0.717, 1.165) is 17.7 Å². The highest BCUT2D eigenvalue weighted by atomic mass is 16.3. The first-order valence-corrected chi connectivity index (χ1v) is 4.79. The maximum Gasteiger partial charge on any atom is 0.115 e. The van der Waals surface area contributed by atoms with Crippen molar-refractivity contribution in [2.75, 3.05) is 6.61 Å². The summed E-state index contributed by atoms with van der Waals surface area (Å²) >= 11 is 0. The minimum absolute atomic E-state index is 0.184. The zero-order valence-electron chi connectivity index (χ0n) is 8.24. The molecule has 0 saturated carbocycles. The van der Waals surface area contributed by atoms with E-state index in [1.807, 2.05) is 6.20 Å². The highest BCUT2D eigenvalue weighted by Gasteiger charge is 2.01. The van der Waals surface area contributed by atoms with Crippen LogP contribution >= 0.6 is 0 Å². The van der Waals surface area contributed by atoms with Crippen molar-refractivity contribution in [3.63, 3.8) is 0 Å². The molecule has 78 valence electrons. The zero-order valence-corrected chi connectivity index (χ0v) is 8.24. The molecule has 0 radical (unpaired) electrons. The maximum atomic E-state index is 8.69. The number of aromatic nitrogens is 4. The number of aliphatic hydroxyl groups excluding tert-OH is 1. The smallest absolute Gasteiger partial charge is 0.115 e. The molecule has 0 amide bonds. The topological polar surface area (TPSA) is 63.8 Å². The van der Waals surface area contributed by atoms with Crippen LogP contribution in [0.3, 0.4) is 0 Å². The summed E-state index contributed by atoms with van der Waals surface area (Å²) in [7, 11) is 0. The third-order valence-electron chi connectivity index (χ3n) is 2.07. The predicted octanol–water partition coefficient (Wildman–Crippen LogP) is 0.722. The summed E-state index contributed by atoms with van der Waals surface area (Å²) in [5, 5.41) is 12.9. The van der Waals surface area contributed by atoms with Crippen LogP contribution < -0.4 is 0 Å².